The van der Waals surface area contributed by atoms with Crippen LogP contribution in [0.15, 0.2) is 23.1 Å². The van der Waals surface area contributed by atoms with E-state index in [0.29, 0.717) is 6.61 Å². The lowest BCUT2D eigenvalue weighted by molar-refractivity contribution is -0.386. The number of benzene rings is 1. The molecule has 0 radical (unpaired) electrons. The standard InChI is InChI=1S/C11H14ClNO5S/c1-2-3-4-7-18-11-6-5-9(19(12,16)17)8-10(11)13(14)15/h5-6,8H,2-4,7H2,1H3. The predicted molar refractivity (Wildman–Crippen MR) is 71.2 cm³/mol. The maximum Gasteiger partial charge on any atom is 0.312 e. The third-order valence-electron chi connectivity index (χ3n) is 2.41. The van der Waals surface area contributed by atoms with Gasteiger partial charge in [-0.1, -0.05) is 19.8 Å². The lowest BCUT2D eigenvalue weighted by Gasteiger charge is -2.07. The Balaban J connectivity index is 2.96. The molecule has 0 fully saturated rings. The monoisotopic (exact) mass is 307 g/mol. The average Bonchev–Trinajstić information content (AvgIpc) is 2.33. The van der Waals surface area contributed by atoms with Crippen LogP contribution in [-0.2, 0) is 9.05 Å². The van der Waals surface area contributed by atoms with Crippen LogP contribution in [0, 0.1) is 10.1 Å². The molecule has 0 aliphatic carbocycles. The molecule has 19 heavy (non-hydrogen) atoms. The molecule has 0 aliphatic heterocycles. The van der Waals surface area contributed by atoms with Gasteiger partial charge in [0.15, 0.2) is 5.75 Å². The highest BCUT2D eigenvalue weighted by Crippen LogP contribution is 2.31. The third kappa shape index (κ3) is 4.68. The van der Waals surface area contributed by atoms with Gasteiger partial charge in [0.25, 0.3) is 9.05 Å². The molecule has 106 valence electrons. The second-order valence-corrected chi connectivity index (χ2v) is 6.45. The zero-order valence-electron chi connectivity index (χ0n) is 10.3. The molecule has 0 heterocycles. The molecule has 0 atom stereocenters. The fraction of sp³-hybridized carbons (Fsp3) is 0.455. The number of nitro groups is 1. The van der Waals surface area contributed by atoms with Crippen LogP contribution in [-0.4, -0.2) is 19.9 Å². The smallest absolute Gasteiger partial charge is 0.312 e. The Kier molecular flexibility index (Phi) is 5.56. The Morgan fingerprint density at radius 1 is 1.37 bits per heavy atom. The lowest BCUT2D eigenvalue weighted by Crippen LogP contribution is -2.02. The van der Waals surface area contributed by atoms with E-state index in [9.17, 15) is 18.5 Å². The Morgan fingerprint density at radius 2 is 2.05 bits per heavy atom. The summed E-state index contributed by atoms with van der Waals surface area (Å²) in [4.78, 5) is 9.87. The van der Waals surface area contributed by atoms with Gasteiger partial charge in [-0.15, -0.1) is 0 Å². The van der Waals surface area contributed by atoms with Crippen molar-refractivity contribution in [2.24, 2.45) is 0 Å². The Bertz CT molecular complexity index is 558. The summed E-state index contributed by atoms with van der Waals surface area (Å²) in [6.45, 7) is 2.38. The molecule has 0 saturated heterocycles. The van der Waals surface area contributed by atoms with Gasteiger partial charge < -0.3 is 4.74 Å². The minimum absolute atomic E-state index is 0.0465. The molecule has 0 amide bonds. The highest BCUT2D eigenvalue weighted by molar-refractivity contribution is 8.13. The molecule has 0 N–H and O–H groups in total. The first-order chi connectivity index (χ1) is 8.86. The number of nitro benzene ring substituents is 1. The molecule has 1 rings (SSSR count). The van der Waals surface area contributed by atoms with Crippen molar-refractivity contribution in [3.05, 3.63) is 28.3 Å². The molecule has 1 aromatic carbocycles. The van der Waals surface area contributed by atoms with E-state index in [4.69, 9.17) is 15.4 Å². The topological polar surface area (TPSA) is 86.5 Å². The van der Waals surface area contributed by atoms with Crippen molar-refractivity contribution in [3.63, 3.8) is 0 Å². The Morgan fingerprint density at radius 3 is 2.58 bits per heavy atom. The summed E-state index contributed by atoms with van der Waals surface area (Å²) in [5, 5.41) is 10.9. The van der Waals surface area contributed by atoms with Crippen molar-refractivity contribution in [1.82, 2.24) is 0 Å². The fourth-order valence-corrected chi connectivity index (χ4v) is 2.22. The second-order valence-electron chi connectivity index (χ2n) is 3.88. The zero-order valence-corrected chi connectivity index (χ0v) is 11.9. The van der Waals surface area contributed by atoms with Crippen molar-refractivity contribution < 1.29 is 18.1 Å². The zero-order chi connectivity index (χ0) is 14.5. The van der Waals surface area contributed by atoms with Gasteiger partial charge in [-0.2, -0.15) is 0 Å². The van der Waals surface area contributed by atoms with Crippen molar-refractivity contribution in [2.45, 2.75) is 31.1 Å². The van der Waals surface area contributed by atoms with E-state index in [1.807, 2.05) is 6.92 Å². The van der Waals surface area contributed by atoms with Gasteiger partial charge in [-0.3, -0.25) is 10.1 Å². The number of ether oxygens (including phenoxy) is 1. The predicted octanol–water partition coefficient (Wildman–Crippen LogP) is 3.09. The Hall–Kier alpha value is -1.34. The first kappa shape index (κ1) is 15.7. The first-order valence-corrected chi connectivity index (χ1v) is 8.03. The molecule has 8 heteroatoms. The van der Waals surface area contributed by atoms with Gasteiger partial charge in [-0.25, -0.2) is 8.42 Å². The van der Waals surface area contributed by atoms with Crippen LogP contribution in [0.4, 0.5) is 5.69 Å². The summed E-state index contributed by atoms with van der Waals surface area (Å²) in [6, 6.07) is 3.33. The SMILES string of the molecule is CCCCCOc1ccc(S(=O)(=O)Cl)cc1[N+](=O)[O-]. The maximum atomic E-state index is 11.1. The molecule has 0 aromatic heterocycles. The van der Waals surface area contributed by atoms with Crippen LogP contribution in [0.5, 0.6) is 5.75 Å². The van der Waals surface area contributed by atoms with Crippen molar-refractivity contribution in [1.29, 1.82) is 0 Å². The van der Waals surface area contributed by atoms with Crippen LogP contribution in [0.3, 0.4) is 0 Å². The normalized spacial score (nSPS) is 11.3. The highest BCUT2D eigenvalue weighted by atomic mass is 35.7. The number of hydrogen-bond acceptors (Lipinski definition) is 5. The van der Waals surface area contributed by atoms with Crippen LogP contribution in [0.25, 0.3) is 0 Å². The molecule has 0 bridgehead atoms. The molecule has 1 aromatic rings. The average molecular weight is 308 g/mol. The van der Waals surface area contributed by atoms with E-state index in [1.165, 1.54) is 12.1 Å². The number of halogens is 1. The lowest BCUT2D eigenvalue weighted by atomic mass is 10.2. The van der Waals surface area contributed by atoms with Gasteiger partial charge in [-0.05, 0) is 18.6 Å². The van der Waals surface area contributed by atoms with Crippen molar-refractivity contribution in [3.8, 4) is 5.75 Å². The van der Waals surface area contributed by atoms with Gasteiger partial charge in [0, 0.05) is 16.7 Å². The summed E-state index contributed by atoms with van der Waals surface area (Å²) >= 11 is 0. The summed E-state index contributed by atoms with van der Waals surface area (Å²) < 4.78 is 27.5. The quantitative estimate of drug-likeness (QED) is 0.334. The molecular weight excluding hydrogens is 294 g/mol. The van der Waals surface area contributed by atoms with E-state index >= 15 is 0 Å². The van der Waals surface area contributed by atoms with Crippen molar-refractivity contribution >= 4 is 25.4 Å². The number of unbranched alkanes of at least 4 members (excludes halogenated alkanes) is 2. The minimum Gasteiger partial charge on any atom is -0.487 e. The molecular formula is C11H14ClNO5S. The van der Waals surface area contributed by atoms with Gasteiger partial charge in [0.2, 0.25) is 0 Å². The van der Waals surface area contributed by atoms with Crippen LogP contribution in [0.1, 0.15) is 26.2 Å². The molecule has 0 unspecified atom stereocenters. The third-order valence-corrected chi connectivity index (χ3v) is 3.77. The maximum absolute atomic E-state index is 11.1. The first-order valence-electron chi connectivity index (χ1n) is 5.72. The minimum atomic E-state index is -3.99. The summed E-state index contributed by atoms with van der Waals surface area (Å²) in [6.07, 6.45) is 2.75. The van der Waals surface area contributed by atoms with E-state index in [2.05, 4.69) is 0 Å². The summed E-state index contributed by atoms with van der Waals surface area (Å²) in [5.74, 6) is 0.0465. The largest absolute Gasteiger partial charge is 0.487 e. The van der Waals surface area contributed by atoms with E-state index in [1.54, 1.807) is 0 Å². The van der Waals surface area contributed by atoms with Crippen LogP contribution >= 0.6 is 10.7 Å². The second kappa shape index (κ2) is 6.72. The van der Waals surface area contributed by atoms with E-state index in [-0.39, 0.29) is 10.6 Å². The molecule has 6 nitrogen and oxygen atoms in total. The number of rotatable bonds is 7. The van der Waals surface area contributed by atoms with Gasteiger partial charge >= 0.3 is 5.69 Å². The van der Waals surface area contributed by atoms with Gasteiger partial charge in [0.05, 0.1) is 16.4 Å². The Labute approximate surface area is 115 Å². The number of hydrogen-bond donors (Lipinski definition) is 0. The summed E-state index contributed by atoms with van der Waals surface area (Å²) in [7, 11) is 1.15. The van der Waals surface area contributed by atoms with E-state index < -0.39 is 19.7 Å². The molecule has 0 spiro atoms. The molecule has 0 saturated carbocycles. The van der Waals surface area contributed by atoms with Crippen LogP contribution < -0.4 is 4.74 Å². The highest BCUT2D eigenvalue weighted by Gasteiger charge is 2.20. The van der Waals surface area contributed by atoms with Gasteiger partial charge in [0.1, 0.15) is 0 Å². The van der Waals surface area contributed by atoms with E-state index in [0.717, 1.165) is 25.3 Å². The van der Waals surface area contributed by atoms with Crippen LogP contribution in [0.2, 0.25) is 0 Å². The summed E-state index contributed by atoms with van der Waals surface area (Å²) in [5.41, 5.74) is -0.404. The van der Waals surface area contributed by atoms with Crippen molar-refractivity contribution in [2.75, 3.05) is 6.61 Å². The fourth-order valence-electron chi connectivity index (χ4n) is 1.45. The number of nitrogens with zero attached hydrogens (tertiary/aromatic N) is 1. The molecule has 0 aliphatic rings.